The number of rotatable bonds is 3. The second kappa shape index (κ2) is 5.48. The molecular formula is C13H28N2O. The minimum Gasteiger partial charge on any atom is -0.393 e. The van der Waals surface area contributed by atoms with Gasteiger partial charge in [-0.25, -0.2) is 0 Å². The van der Waals surface area contributed by atoms with Gasteiger partial charge in [0.25, 0.3) is 0 Å². The topological polar surface area (TPSA) is 26.7 Å². The highest BCUT2D eigenvalue weighted by atomic mass is 16.3. The van der Waals surface area contributed by atoms with Crippen molar-refractivity contribution in [1.29, 1.82) is 0 Å². The Balaban J connectivity index is 2.58. The lowest BCUT2D eigenvalue weighted by Crippen LogP contribution is -2.46. The summed E-state index contributed by atoms with van der Waals surface area (Å²) in [4.78, 5) is 4.93. The van der Waals surface area contributed by atoms with Crippen molar-refractivity contribution in [2.75, 3.05) is 33.2 Å². The molecule has 1 N–H and O–H groups in total. The first kappa shape index (κ1) is 13.9. The molecular weight excluding hydrogens is 200 g/mol. The maximum atomic E-state index is 9.78. The summed E-state index contributed by atoms with van der Waals surface area (Å²) < 4.78 is 0. The van der Waals surface area contributed by atoms with Crippen LogP contribution in [0, 0.1) is 5.41 Å². The quantitative estimate of drug-likeness (QED) is 0.791. The molecule has 0 saturated carbocycles. The van der Waals surface area contributed by atoms with Crippen molar-refractivity contribution in [3.05, 3.63) is 0 Å². The van der Waals surface area contributed by atoms with Crippen molar-refractivity contribution in [3.8, 4) is 0 Å². The molecule has 3 heteroatoms. The Morgan fingerprint density at radius 1 is 1.38 bits per heavy atom. The van der Waals surface area contributed by atoms with Gasteiger partial charge in [0, 0.05) is 24.5 Å². The number of likely N-dealkylation sites (N-methyl/N-ethyl adjacent to an activating group) is 1. The van der Waals surface area contributed by atoms with Gasteiger partial charge in [0.15, 0.2) is 0 Å². The summed E-state index contributed by atoms with van der Waals surface area (Å²) in [6.45, 7) is 13.0. The van der Waals surface area contributed by atoms with Crippen molar-refractivity contribution >= 4 is 0 Å². The Morgan fingerprint density at radius 3 is 2.56 bits per heavy atom. The first-order valence-corrected chi connectivity index (χ1v) is 6.43. The molecule has 0 radical (unpaired) electrons. The van der Waals surface area contributed by atoms with Gasteiger partial charge < -0.3 is 10.0 Å². The Kier molecular flexibility index (Phi) is 4.77. The molecule has 2 unspecified atom stereocenters. The van der Waals surface area contributed by atoms with Crippen LogP contribution in [0.4, 0.5) is 0 Å². The second-order valence-corrected chi connectivity index (χ2v) is 6.10. The molecule has 1 aliphatic heterocycles. The van der Waals surface area contributed by atoms with Crippen LogP contribution >= 0.6 is 0 Å². The summed E-state index contributed by atoms with van der Waals surface area (Å²) >= 11 is 0. The molecule has 3 nitrogen and oxygen atoms in total. The van der Waals surface area contributed by atoms with Crippen molar-refractivity contribution in [3.63, 3.8) is 0 Å². The second-order valence-electron chi connectivity index (χ2n) is 6.10. The summed E-state index contributed by atoms with van der Waals surface area (Å²) in [5, 5.41) is 9.78. The van der Waals surface area contributed by atoms with E-state index < -0.39 is 0 Å². The van der Waals surface area contributed by atoms with Crippen LogP contribution in [0.3, 0.4) is 0 Å². The highest BCUT2D eigenvalue weighted by Gasteiger charge is 2.30. The Hall–Kier alpha value is -0.120. The van der Waals surface area contributed by atoms with E-state index in [2.05, 4.69) is 37.6 Å². The maximum Gasteiger partial charge on any atom is 0.0575 e. The third-order valence-corrected chi connectivity index (χ3v) is 3.93. The Bertz CT molecular complexity index is 216. The Morgan fingerprint density at radius 2 is 2.00 bits per heavy atom. The molecule has 0 aliphatic carbocycles. The molecule has 0 spiro atoms. The molecule has 1 rings (SSSR count). The molecule has 0 bridgehead atoms. The van der Waals surface area contributed by atoms with E-state index in [-0.39, 0.29) is 11.5 Å². The molecule has 2 atom stereocenters. The number of aliphatic hydroxyl groups is 1. The van der Waals surface area contributed by atoms with Gasteiger partial charge in [0.1, 0.15) is 0 Å². The fraction of sp³-hybridized carbons (Fsp3) is 1.00. The summed E-state index contributed by atoms with van der Waals surface area (Å²) in [7, 11) is 2.19. The smallest absolute Gasteiger partial charge is 0.0575 e. The van der Waals surface area contributed by atoms with Crippen LogP contribution in [0.1, 0.15) is 34.1 Å². The monoisotopic (exact) mass is 228 g/mol. The molecule has 0 amide bonds. The minimum atomic E-state index is -0.249. The number of aliphatic hydroxyl groups excluding tert-OH is 1. The van der Waals surface area contributed by atoms with Crippen LogP contribution in [0.2, 0.25) is 0 Å². The van der Waals surface area contributed by atoms with Crippen LogP contribution < -0.4 is 0 Å². The predicted molar refractivity (Wildman–Crippen MR) is 68.6 cm³/mol. The number of hydrogen-bond donors (Lipinski definition) is 1. The zero-order chi connectivity index (χ0) is 12.3. The fourth-order valence-electron chi connectivity index (χ4n) is 2.31. The molecule has 0 aromatic heterocycles. The van der Waals surface area contributed by atoms with E-state index in [9.17, 15) is 5.11 Å². The minimum absolute atomic E-state index is 0.0167. The van der Waals surface area contributed by atoms with Gasteiger partial charge in [-0.3, -0.25) is 4.90 Å². The van der Waals surface area contributed by atoms with Crippen LogP contribution in [0.5, 0.6) is 0 Å². The molecule has 1 aliphatic rings. The van der Waals surface area contributed by atoms with E-state index in [4.69, 9.17) is 0 Å². The van der Waals surface area contributed by atoms with Gasteiger partial charge in [0.2, 0.25) is 0 Å². The fourth-order valence-corrected chi connectivity index (χ4v) is 2.31. The van der Waals surface area contributed by atoms with Crippen molar-refractivity contribution in [2.45, 2.75) is 46.3 Å². The summed E-state index contributed by atoms with van der Waals surface area (Å²) in [5.41, 5.74) is -0.0167. The van der Waals surface area contributed by atoms with Crippen LogP contribution in [0.15, 0.2) is 0 Å². The largest absolute Gasteiger partial charge is 0.393 e. The van der Waals surface area contributed by atoms with E-state index in [1.54, 1.807) is 0 Å². The number of hydrogen-bond acceptors (Lipinski definition) is 3. The summed E-state index contributed by atoms with van der Waals surface area (Å²) in [6.07, 6.45) is 0.983. The van der Waals surface area contributed by atoms with Crippen LogP contribution in [0.25, 0.3) is 0 Å². The molecule has 1 saturated heterocycles. The molecule has 0 aromatic rings. The average molecular weight is 228 g/mol. The molecule has 1 fully saturated rings. The van der Waals surface area contributed by atoms with Gasteiger partial charge in [-0.2, -0.15) is 0 Å². The molecule has 16 heavy (non-hydrogen) atoms. The number of nitrogens with zero attached hydrogens (tertiary/aromatic N) is 2. The third kappa shape index (κ3) is 3.72. The van der Waals surface area contributed by atoms with Crippen LogP contribution in [-0.4, -0.2) is 60.3 Å². The molecule has 96 valence electrons. The Labute approximate surface area is 100 Å². The van der Waals surface area contributed by atoms with E-state index in [0.29, 0.717) is 6.04 Å². The average Bonchev–Trinajstić information content (AvgIpc) is 2.28. The van der Waals surface area contributed by atoms with Gasteiger partial charge in [-0.1, -0.05) is 13.8 Å². The van der Waals surface area contributed by atoms with Gasteiger partial charge in [0.05, 0.1) is 6.10 Å². The normalized spacial score (nSPS) is 27.8. The highest BCUT2D eigenvalue weighted by molar-refractivity contribution is 4.83. The maximum absolute atomic E-state index is 9.78. The van der Waals surface area contributed by atoms with Crippen molar-refractivity contribution in [2.24, 2.45) is 5.41 Å². The highest BCUT2D eigenvalue weighted by Crippen LogP contribution is 2.24. The summed E-state index contributed by atoms with van der Waals surface area (Å²) in [6, 6.07) is 0.588. The van der Waals surface area contributed by atoms with E-state index in [1.165, 1.54) is 13.0 Å². The van der Waals surface area contributed by atoms with Crippen molar-refractivity contribution < 1.29 is 5.11 Å². The van der Waals surface area contributed by atoms with Crippen molar-refractivity contribution in [1.82, 2.24) is 9.80 Å². The molecule has 1 heterocycles. The standard InChI is InChI=1S/C13H28N2O/c1-11-9-14(5)7-6-8-15(11)10-13(3,4)12(2)16/h11-12,16H,6-10H2,1-5H3. The van der Waals surface area contributed by atoms with E-state index in [0.717, 1.165) is 19.6 Å². The lowest BCUT2D eigenvalue weighted by atomic mass is 9.86. The molecule has 0 aromatic carbocycles. The zero-order valence-electron chi connectivity index (χ0n) is 11.5. The van der Waals surface area contributed by atoms with Gasteiger partial charge in [-0.05, 0) is 40.4 Å². The predicted octanol–water partition coefficient (Wildman–Crippen LogP) is 1.42. The van der Waals surface area contributed by atoms with E-state index >= 15 is 0 Å². The third-order valence-electron chi connectivity index (χ3n) is 3.93. The lowest BCUT2D eigenvalue weighted by molar-refractivity contribution is 0.0249. The first-order chi connectivity index (χ1) is 7.33. The first-order valence-electron chi connectivity index (χ1n) is 6.43. The SMILES string of the molecule is CC1CN(C)CCCN1CC(C)(C)C(C)O. The zero-order valence-corrected chi connectivity index (χ0v) is 11.5. The summed E-state index contributed by atoms with van der Waals surface area (Å²) in [5.74, 6) is 0. The van der Waals surface area contributed by atoms with Gasteiger partial charge >= 0.3 is 0 Å². The van der Waals surface area contributed by atoms with E-state index in [1.807, 2.05) is 6.92 Å². The van der Waals surface area contributed by atoms with Gasteiger partial charge in [-0.15, -0.1) is 0 Å². The van der Waals surface area contributed by atoms with Crippen LogP contribution in [-0.2, 0) is 0 Å². The lowest BCUT2D eigenvalue weighted by Gasteiger charge is -2.37.